The number of hydrogen-bond donors (Lipinski definition) is 0. The Bertz CT molecular complexity index is 391. The molecule has 4 nitrogen and oxygen atoms in total. The summed E-state index contributed by atoms with van der Waals surface area (Å²) in [6.07, 6.45) is 1.60. The minimum absolute atomic E-state index is 0.133. The number of aliphatic imine (C=N–C) groups is 1. The van der Waals surface area contributed by atoms with Gasteiger partial charge in [0.2, 0.25) is 0 Å². The second kappa shape index (κ2) is 4.48. The Labute approximate surface area is 104 Å². The number of nitriles is 1. The minimum atomic E-state index is -0.554. The molecule has 0 saturated carbocycles. The predicted octanol–water partition coefficient (Wildman–Crippen LogP) is 2.96. The summed E-state index contributed by atoms with van der Waals surface area (Å²) in [5.41, 5.74) is 0.252. The lowest BCUT2D eigenvalue weighted by atomic mass is 10.0. The van der Waals surface area contributed by atoms with Crippen molar-refractivity contribution in [2.75, 3.05) is 0 Å². The normalized spacial score (nSPS) is 27.1. The molecule has 1 unspecified atom stereocenters. The van der Waals surface area contributed by atoms with Crippen LogP contribution in [0.25, 0.3) is 0 Å². The van der Waals surface area contributed by atoms with E-state index in [4.69, 9.17) is 0 Å². The lowest BCUT2D eigenvalue weighted by Crippen LogP contribution is -2.39. The third kappa shape index (κ3) is 3.29. The number of nitrogens with zero attached hydrogens (tertiary/aromatic N) is 4. The Morgan fingerprint density at radius 1 is 1.41 bits per heavy atom. The van der Waals surface area contributed by atoms with Gasteiger partial charge in [-0.2, -0.15) is 10.4 Å². The fraction of sp³-hybridized carbons (Fsp3) is 0.769. The molecule has 0 aromatic heterocycles. The first-order valence-electron chi connectivity index (χ1n) is 6.00. The fourth-order valence-corrected chi connectivity index (χ4v) is 1.81. The van der Waals surface area contributed by atoms with Gasteiger partial charge >= 0.3 is 0 Å². The first-order valence-corrected chi connectivity index (χ1v) is 6.00. The van der Waals surface area contributed by atoms with Crippen LogP contribution in [0.5, 0.6) is 0 Å². The van der Waals surface area contributed by atoms with E-state index in [1.807, 2.05) is 20.8 Å². The molecular weight excluding hydrogens is 212 g/mol. The Morgan fingerprint density at radius 3 is 2.41 bits per heavy atom. The molecule has 0 aliphatic carbocycles. The van der Waals surface area contributed by atoms with Crippen LogP contribution in [0.1, 0.15) is 54.4 Å². The minimum Gasteiger partial charge on any atom is -0.265 e. The lowest BCUT2D eigenvalue weighted by molar-refractivity contribution is 0.291. The monoisotopic (exact) mass is 234 g/mol. The Morgan fingerprint density at radius 2 is 2.00 bits per heavy atom. The average molecular weight is 234 g/mol. The van der Waals surface area contributed by atoms with E-state index in [9.17, 15) is 5.26 Å². The molecule has 1 fully saturated rings. The lowest BCUT2D eigenvalue weighted by Gasteiger charge is -2.27. The molecule has 1 saturated heterocycles. The zero-order chi connectivity index (χ0) is 13.3. The van der Waals surface area contributed by atoms with Crippen LogP contribution in [0.15, 0.2) is 10.1 Å². The van der Waals surface area contributed by atoms with Gasteiger partial charge in [-0.25, -0.2) is 5.01 Å². The van der Waals surface area contributed by atoms with Gasteiger partial charge in [0.1, 0.15) is 11.4 Å². The molecular formula is C13H22N4. The topological polar surface area (TPSA) is 51.8 Å². The van der Waals surface area contributed by atoms with Crippen molar-refractivity contribution in [2.24, 2.45) is 10.1 Å². The second-order valence-corrected chi connectivity index (χ2v) is 5.94. The first-order chi connectivity index (χ1) is 7.68. The summed E-state index contributed by atoms with van der Waals surface area (Å²) >= 11 is 0. The summed E-state index contributed by atoms with van der Waals surface area (Å²) in [6, 6.07) is 2.35. The van der Waals surface area contributed by atoms with E-state index in [-0.39, 0.29) is 5.54 Å². The van der Waals surface area contributed by atoms with E-state index in [0.717, 1.165) is 24.4 Å². The molecule has 1 rings (SSSR count). The fourth-order valence-electron chi connectivity index (χ4n) is 1.81. The highest BCUT2D eigenvalue weighted by atomic mass is 15.5. The molecule has 0 radical (unpaired) electrons. The van der Waals surface area contributed by atoms with Crippen molar-refractivity contribution in [1.82, 2.24) is 5.01 Å². The molecule has 4 heteroatoms. The van der Waals surface area contributed by atoms with E-state index in [0.29, 0.717) is 0 Å². The molecule has 0 aromatic carbocycles. The van der Waals surface area contributed by atoms with Crippen molar-refractivity contribution >= 4 is 11.5 Å². The van der Waals surface area contributed by atoms with E-state index in [1.165, 1.54) is 0 Å². The molecule has 0 N–H and O–H groups in total. The number of hydrogen-bond acceptors (Lipinski definition) is 3. The SMILES string of the molecule is CC(C)=NN1C(=NC(C)(C)C)CCC1(C)C#N. The van der Waals surface area contributed by atoms with E-state index in [2.05, 4.69) is 36.9 Å². The maximum Gasteiger partial charge on any atom is 0.148 e. The third-order valence-electron chi connectivity index (χ3n) is 2.55. The van der Waals surface area contributed by atoms with Crippen LogP contribution in [0.3, 0.4) is 0 Å². The number of hydrazone groups is 1. The van der Waals surface area contributed by atoms with Crippen LogP contribution in [-0.4, -0.2) is 27.6 Å². The summed E-state index contributed by atoms with van der Waals surface area (Å²) < 4.78 is 0. The van der Waals surface area contributed by atoms with Crippen LogP contribution in [0.2, 0.25) is 0 Å². The molecule has 1 aliphatic heterocycles. The van der Waals surface area contributed by atoms with Crippen molar-refractivity contribution in [3.8, 4) is 6.07 Å². The van der Waals surface area contributed by atoms with Gasteiger partial charge in [-0.1, -0.05) is 0 Å². The maximum absolute atomic E-state index is 9.31. The standard InChI is InChI=1S/C13H22N4/c1-10(2)16-17-11(15-12(3,4)5)7-8-13(17,6)9-14/h7-8H2,1-6H3. The van der Waals surface area contributed by atoms with Crippen molar-refractivity contribution in [2.45, 2.75) is 65.5 Å². The zero-order valence-corrected chi connectivity index (χ0v) is 11.7. The average Bonchev–Trinajstić information content (AvgIpc) is 2.44. The van der Waals surface area contributed by atoms with Gasteiger partial charge in [-0.3, -0.25) is 4.99 Å². The summed E-state index contributed by atoms with van der Waals surface area (Å²) in [6.45, 7) is 12.0. The van der Waals surface area contributed by atoms with Crippen molar-refractivity contribution in [3.05, 3.63) is 0 Å². The first kappa shape index (κ1) is 13.7. The molecule has 1 aliphatic rings. The molecule has 0 amide bonds. The summed E-state index contributed by atoms with van der Waals surface area (Å²) in [7, 11) is 0. The van der Waals surface area contributed by atoms with Gasteiger partial charge in [0, 0.05) is 12.1 Å². The number of rotatable bonds is 1. The van der Waals surface area contributed by atoms with E-state index in [1.54, 1.807) is 5.01 Å². The zero-order valence-electron chi connectivity index (χ0n) is 11.7. The second-order valence-electron chi connectivity index (χ2n) is 5.94. The van der Waals surface area contributed by atoms with Crippen molar-refractivity contribution in [1.29, 1.82) is 5.26 Å². The maximum atomic E-state index is 9.31. The predicted molar refractivity (Wildman–Crippen MR) is 71.1 cm³/mol. The van der Waals surface area contributed by atoms with E-state index < -0.39 is 5.54 Å². The van der Waals surface area contributed by atoms with Crippen LogP contribution < -0.4 is 0 Å². The van der Waals surface area contributed by atoms with Crippen molar-refractivity contribution < 1.29 is 0 Å². The van der Waals surface area contributed by atoms with Gasteiger partial charge in [0.05, 0.1) is 11.6 Å². The largest absolute Gasteiger partial charge is 0.265 e. The highest BCUT2D eigenvalue weighted by molar-refractivity contribution is 5.88. The summed E-state index contributed by atoms with van der Waals surface area (Å²) in [5.74, 6) is 0.919. The smallest absolute Gasteiger partial charge is 0.148 e. The van der Waals surface area contributed by atoms with Crippen LogP contribution in [0.4, 0.5) is 0 Å². The summed E-state index contributed by atoms with van der Waals surface area (Å²) in [5, 5.41) is 15.6. The van der Waals surface area contributed by atoms with Crippen LogP contribution in [0, 0.1) is 11.3 Å². The van der Waals surface area contributed by atoms with Crippen molar-refractivity contribution in [3.63, 3.8) is 0 Å². The molecule has 1 heterocycles. The highest BCUT2D eigenvalue weighted by Gasteiger charge is 2.41. The Balaban J connectivity index is 3.15. The quantitative estimate of drug-likeness (QED) is 0.655. The summed E-state index contributed by atoms with van der Waals surface area (Å²) in [4.78, 5) is 4.67. The van der Waals surface area contributed by atoms with Gasteiger partial charge in [-0.15, -0.1) is 0 Å². The molecule has 0 aromatic rings. The van der Waals surface area contributed by atoms with Crippen LogP contribution >= 0.6 is 0 Å². The van der Waals surface area contributed by atoms with Gasteiger partial charge in [0.25, 0.3) is 0 Å². The van der Waals surface area contributed by atoms with Gasteiger partial charge in [0.15, 0.2) is 0 Å². The molecule has 1 atom stereocenters. The van der Waals surface area contributed by atoms with E-state index >= 15 is 0 Å². The Kier molecular flexibility index (Phi) is 3.61. The van der Waals surface area contributed by atoms with Gasteiger partial charge in [-0.05, 0) is 48.0 Å². The third-order valence-corrected chi connectivity index (χ3v) is 2.55. The van der Waals surface area contributed by atoms with Crippen LogP contribution in [-0.2, 0) is 0 Å². The molecule has 94 valence electrons. The highest BCUT2D eigenvalue weighted by Crippen LogP contribution is 2.31. The number of amidine groups is 1. The molecule has 0 bridgehead atoms. The molecule has 0 spiro atoms. The van der Waals surface area contributed by atoms with Gasteiger partial charge < -0.3 is 0 Å². The Hall–Kier alpha value is -1.37. The molecule has 17 heavy (non-hydrogen) atoms.